The third-order valence-electron chi connectivity index (χ3n) is 2.71. The van der Waals surface area contributed by atoms with E-state index in [-0.39, 0.29) is 11.9 Å². The van der Waals surface area contributed by atoms with Crippen LogP contribution in [0.4, 0.5) is 10.8 Å². The van der Waals surface area contributed by atoms with E-state index in [0.29, 0.717) is 10.2 Å². The van der Waals surface area contributed by atoms with Crippen molar-refractivity contribution in [3.8, 4) is 0 Å². The smallest absolute Gasteiger partial charge is 0.248 e. The summed E-state index contributed by atoms with van der Waals surface area (Å²) in [5.41, 5.74) is 1.87. The average molecular weight is 311 g/mol. The molecule has 7 heteroatoms. The minimum atomic E-state index is -0.390. The normalized spacial score (nSPS) is 12.0. The van der Waals surface area contributed by atoms with Gasteiger partial charge in [-0.2, -0.15) is 0 Å². The van der Waals surface area contributed by atoms with Gasteiger partial charge in [-0.1, -0.05) is 22.9 Å². The van der Waals surface area contributed by atoms with Crippen molar-refractivity contribution in [1.82, 2.24) is 10.2 Å². The van der Waals surface area contributed by atoms with Gasteiger partial charge in [-0.25, -0.2) is 0 Å². The molecule has 0 fully saturated rings. The zero-order chi connectivity index (χ0) is 14.7. The van der Waals surface area contributed by atoms with Crippen LogP contribution in [0.1, 0.15) is 17.5 Å². The molecule has 2 aromatic rings. The fourth-order valence-electron chi connectivity index (χ4n) is 1.65. The van der Waals surface area contributed by atoms with Gasteiger partial charge in [0.1, 0.15) is 11.0 Å². The molecule has 1 atom stereocenters. The quantitative estimate of drug-likeness (QED) is 0.909. The molecule has 0 unspecified atom stereocenters. The second-order valence-electron chi connectivity index (χ2n) is 4.44. The summed E-state index contributed by atoms with van der Waals surface area (Å²) in [5, 5.41) is 15.6. The molecular weight excluding hydrogens is 296 g/mol. The summed E-state index contributed by atoms with van der Waals surface area (Å²) in [6.45, 7) is 5.57. The number of carbonyl (C=O) groups is 1. The number of rotatable bonds is 4. The molecule has 0 aliphatic carbocycles. The molecule has 0 aliphatic heterocycles. The molecule has 2 rings (SSSR count). The van der Waals surface area contributed by atoms with Crippen LogP contribution >= 0.6 is 22.9 Å². The van der Waals surface area contributed by atoms with Crippen LogP contribution < -0.4 is 10.6 Å². The summed E-state index contributed by atoms with van der Waals surface area (Å²) in [7, 11) is 0. The van der Waals surface area contributed by atoms with Crippen molar-refractivity contribution in [3.05, 3.63) is 33.8 Å². The van der Waals surface area contributed by atoms with E-state index in [1.807, 2.05) is 26.0 Å². The third kappa shape index (κ3) is 3.68. The van der Waals surface area contributed by atoms with Gasteiger partial charge in [0.05, 0.1) is 0 Å². The standard InChI is InChI=1S/C13H15ClN4OS/c1-7-6-10(14)4-5-11(7)15-8(2)12(19)16-13-18-17-9(3)20-13/h4-6,8,15H,1-3H3,(H,16,18,19)/t8-/m1/s1. The molecule has 20 heavy (non-hydrogen) atoms. The Morgan fingerprint density at radius 1 is 1.35 bits per heavy atom. The number of anilines is 2. The Hall–Kier alpha value is -1.66. The molecule has 2 N–H and O–H groups in total. The lowest BCUT2D eigenvalue weighted by Crippen LogP contribution is -2.32. The van der Waals surface area contributed by atoms with Crippen LogP contribution in [0.2, 0.25) is 5.02 Å². The van der Waals surface area contributed by atoms with Crippen molar-refractivity contribution >= 4 is 39.7 Å². The van der Waals surface area contributed by atoms with Crippen LogP contribution in [0.15, 0.2) is 18.2 Å². The predicted octanol–water partition coefficient (Wildman–Crippen LogP) is 3.25. The number of aryl methyl sites for hydroxylation is 2. The summed E-state index contributed by atoms with van der Waals surface area (Å²) in [5.74, 6) is -0.157. The first kappa shape index (κ1) is 14.7. The Kier molecular flexibility index (Phi) is 4.57. The van der Waals surface area contributed by atoms with E-state index in [4.69, 9.17) is 11.6 Å². The van der Waals surface area contributed by atoms with E-state index >= 15 is 0 Å². The zero-order valence-corrected chi connectivity index (χ0v) is 13.0. The number of carbonyl (C=O) groups excluding carboxylic acids is 1. The Morgan fingerprint density at radius 3 is 2.70 bits per heavy atom. The van der Waals surface area contributed by atoms with E-state index in [1.165, 1.54) is 11.3 Å². The number of hydrogen-bond acceptors (Lipinski definition) is 5. The van der Waals surface area contributed by atoms with Gasteiger partial charge in [-0.15, -0.1) is 10.2 Å². The average Bonchev–Trinajstić information content (AvgIpc) is 2.78. The van der Waals surface area contributed by atoms with Gasteiger partial charge in [0.25, 0.3) is 0 Å². The largest absolute Gasteiger partial charge is 0.374 e. The minimum absolute atomic E-state index is 0.157. The number of amides is 1. The number of aromatic nitrogens is 2. The van der Waals surface area contributed by atoms with Crippen LogP contribution in [0.3, 0.4) is 0 Å². The van der Waals surface area contributed by atoms with Crippen LogP contribution in [0, 0.1) is 13.8 Å². The van der Waals surface area contributed by atoms with Crippen molar-refractivity contribution in [3.63, 3.8) is 0 Å². The van der Waals surface area contributed by atoms with Gasteiger partial charge >= 0.3 is 0 Å². The summed E-state index contributed by atoms with van der Waals surface area (Å²) in [6.07, 6.45) is 0. The van der Waals surface area contributed by atoms with Crippen LogP contribution in [-0.4, -0.2) is 22.1 Å². The first-order chi connectivity index (χ1) is 9.45. The molecule has 0 bridgehead atoms. The maximum Gasteiger partial charge on any atom is 0.248 e. The van der Waals surface area contributed by atoms with Crippen molar-refractivity contribution in [2.45, 2.75) is 26.8 Å². The van der Waals surface area contributed by atoms with Gasteiger partial charge < -0.3 is 5.32 Å². The Balaban J connectivity index is 2.00. The summed E-state index contributed by atoms with van der Waals surface area (Å²) in [4.78, 5) is 12.0. The molecule has 5 nitrogen and oxygen atoms in total. The fraction of sp³-hybridized carbons (Fsp3) is 0.308. The first-order valence-electron chi connectivity index (χ1n) is 6.09. The van der Waals surface area contributed by atoms with Crippen LogP contribution in [-0.2, 0) is 4.79 Å². The molecule has 0 spiro atoms. The lowest BCUT2D eigenvalue weighted by atomic mass is 10.2. The van der Waals surface area contributed by atoms with Crippen molar-refractivity contribution in [1.29, 1.82) is 0 Å². The summed E-state index contributed by atoms with van der Waals surface area (Å²) < 4.78 is 0. The topological polar surface area (TPSA) is 66.9 Å². The first-order valence-corrected chi connectivity index (χ1v) is 7.29. The van der Waals surface area contributed by atoms with Crippen molar-refractivity contribution in [2.24, 2.45) is 0 Å². The molecule has 1 heterocycles. The molecule has 1 aromatic carbocycles. The molecule has 106 valence electrons. The SMILES string of the molecule is Cc1nnc(NC(=O)[C@@H](C)Nc2ccc(Cl)cc2C)s1. The molecule has 0 radical (unpaired) electrons. The highest BCUT2D eigenvalue weighted by atomic mass is 35.5. The highest BCUT2D eigenvalue weighted by Gasteiger charge is 2.15. The molecule has 1 aromatic heterocycles. The maximum absolute atomic E-state index is 12.0. The molecular formula is C13H15ClN4OS. The number of benzene rings is 1. The van der Waals surface area contributed by atoms with E-state index in [2.05, 4.69) is 20.8 Å². The lowest BCUT2D eigenvalue weighted by Gasteiger charge is -2.16. The Bertz CT molecular complexity index is 629. The molecule has 0 saturated heterocycles. The second-order valence-corrected chi connectivity index (χ2v) is 6.06. The van der Waals surface area contributed by atoms with Gasteiger partial charge in [-0.3, -0.25) is 10.1 Å². The highest BCUT2D eigenvalue weighted by molar-refractivity contribution is 7.15. The molecule has 1 amide bonds. The summed E-state index contributed by atoms with van der Waals surface area (Å²) in [6, 6.07) is 5.11. The highest BCUT2D eigenvalue weighted by Crippen LogP contribution is 2.21. The van der Waals surface area contributed by atoms with Crippen LogP contribution in [0.25, 0.3) is 0 Å². The van der Waals surface area contributed by atoms with Gasteiger partial charge in [0, 0.05) is 10.7 Å². The number of nitrogens with zero attached hydrogens (tertiary/aromatic N) is 2. The minimum Gasteiger partial charge on any atom is -0.374 e. The van der Waals surface area contributed by atoms with Gasteiger partial charge in [0.2, 0.25) is 11.0 Å². The number of nitrogens with one attached hydrogen (secondary N) is 2. The van der Waals surface area contributed by atoms with Crippen LogP contribution in [0.5, 0.6) is 0 Å². The Morgan fingerprint density at radius 2 is 2.10 bits per heavy atom. The number of hydrogen-bond donors (Lipinski definition) is 2. The maximum atomic E-state index is 12.0. The fourth-order valence-corrected chi connectivity index (χ4v) is 2.47. The van der Waals surface area contributed by atoms with E-state index in [1.54, 1.807) is 13.0 Å². The summed E-state index contributed by atoms with van der Waals surface area (Å²) >= 11 is 7.25. The van der Waals surface area contributed by atoms with Gasteiger partial charge in [-0.05, 0) is 44.5 Å². The van der Waals surface area contributed by atoms with E-state index in [9.17, 15) is 4.79 Å². The molecule has 0 aliphatic rings. The predicted molar refractivity (Wildman–Crippen MR) is 82.5 cm³/mol. The number of halogens is 1. The van der Waals surface area contributed by atoms with Crippen molar-refractivity contribution in [2.75, 3.05) is 10.6 Å². The third-order valence-corrected chi connectivity index (χ3v) is 3.70. The molecule has 0 saturated carbocycles. The van der Waals surface area contributed by atoms with Crippen molar-refractivity contribution < 1.29 is 4.79 Å². The zero-order valence-electron chi connectivity index (χ0n) is 11.4. The lowest BCUT2D eigenvalue weighted by molar-refractivity contribution is -0.116. The van der Waals surface area contributed by atoms with E-state index in [0.717, 1.165) is 16.3 Å². The van der Waals surface area contributed by atoms with E-state index < -0.39 is 0 Å². The van der Waals surface area contributed by atoms with Gasteiger partial charge in [0.15, 0.2) is 0 Å². The second kappa shape index (κ2) is 6.19. The Labute approximate surface area is 126 Å². The monoisotopic (exact) mass is 310 g/mol.